The van der Waals surface area contributed by atoms with Gasteiger partial charge >= 0.3 is 27.1 Å². The Balaban J connectivity index is 2.30. The van der Waals surface area contributed by atoms with Gasteiger partial charge in [-0.25, -0.2) is 4.72 Å². The molecule has 13 heteroatoms. The predicted molar refractivity (Wildman–Crippen MR) is 78.7 cm³/mol. The molecule has 0 bridgehead atoms. The second-order valence-electron chi connectivity index (χ2n) is 6.18. The lowest BCUT2D eigenvalue weighted by atomic mass is 10.2. The number of carbonyl (C=O) groups is 1. The number of halogens is 6. The number of amides is 1. The molecule has 0 radical (unpaired) electrons. The highest BCUT2D eigenvalue weighted by molar-refractivity contribution is 7.91. The molecule has 1 N–H and O–H groups in total. The number of ether oxygens (including phenoxy) is 2. The fourth-order valence-electron chi connectivity index (χ4n) is 2.03. The van der Waals surface area contributed by atoms with Crippen LogP contribution in [0, 0.1) is 0 Å². The summed E-state index contributed by atoms with van der Waals surface area (Å²) in [5.41, 5.74) is -0.569. The smallest absolute Gasteiger partial charge is 0.431 e. The Kier molecular flexibility index (Phi) is 4.62. The van der Waals surface area contributed by atoms with E-state index in [2.05, 4.69) is 0 Å². The van der Waals surface area contributed by atoms with Crippen molar-refractivity contribution < 1.29 is 49.0 Å². The second-order valence-corrected chi connectivity index (χ2v) is 7.90. The summed E-state index contributed by atoms with van der Waals surface area (Å²) >= 11 is 0. The van der Waals surface area contributed by atoms with E-state index in [1.165, 1.54) is 13.8 Å². The first-order chi connectivity index (χ1) is 11.9. The highest BCUT2D eigenvalue weighted by Gasteiger charge is 2.76. The van der Waals surface area contributed by atoms with Crippen LogP contribution in [-0.2, 0) is 10.0 Å². The number of rotatable bonds is 5. The second kappa shape index (κ2) is 5.91. The maximum Gasteiger partial charge on any atom is 0.431 e. The summed E-state index contributed by atoms with van der Waals surface area (Å²) in [7, 11) is -6.52. The molecular formula is C14H13F6NO5S. The molecule has 0 atom stereocenters. The highest BCUT2D eigenvalue weighted by atomic mass is 32.2. The van der Waals surface area contributed by atoms with Gasteiger partial charge in [0, 0.05) is 26.3 Å². The minimum atomic E-state index is -6.52. The van der Waals surface area contributed by atoms with E-state index >= 15 is 0 Å². The van der Waals surface area contributed by atoms with E-state index in [9.17, 15) is 39.6 Å². The van der Waals surface area contributed by atoms with Crippen molar-refractivity contribution in [3.63, 3.8) is 0 Å². The van der Waals surface area contributed by atoms with Gasteiger partial charge in [0.15, 0.2) is 11.5 Å². The van der Waals surface area contributed by atoms with Crippen molar-refractivity contribution >= 4 is 15.9 Å². The van der Waals surface area contributed by atoms with Crippen LogP contribution in [0.4, 0.5) is 26.3 Å². The van der Waals surface area contributed by atoms with E-state index in [1.54, 1.807) is 0 Å². The largest absolute Gasteiger partial charge is 0.449 e. The Morgan fingerprint density at radius 2 is 1.56 bits per heavy atom. The van der Waals surface area contributed by atoms with E-state index in [4.69, 9.17) is 9.47 Å². The topological polar surface area (TPSA) is 81.7 Å². The maximum absolute atomic E-state index is 13.6. The molecule has 1 amide bonds. The lowest BCUT2D eigenvalue weighted by Gasteiger charge is -2.30. The average molecular weight is 421 g/mol. The van der Waals surface area contributed by atoms with Crippen LogP contribution in [0.1, 0.15) is 31.1 Å². The summed E-state index contributed by atoms with van der Waals surface area (Å²) < 4.78 is 114. The molecule has 0 aliphatic carbocycles. The molecule has 2 rings (SSSR count). The fraction of sp³-hybridized carbons (Fsp3) is 0.500. The number of hydrogen-bond acceptors (Lipinski definition) is 5. The zero-order valence-electron chi connectivity index (χ0n) is 13.9. The van der Waals surface area contributed by atoms with Gasteiger partial charge in [-0.2, -0.15) is 34.8 Å². The Labute approximate surface area is 149 Å². The van der Waals surface area contributed by atoms with Gasteiger partial charge in [-0.15, -0.1) is 0 Å². The number of hydrogen-bond donors (Lipinski definition) is 1. The molecule has 0 saturated carbocycles. The molecule has 27 heavy (non-hydrogen) atoms. The molecule has 1 heterocycles. The van der Waals surface area contributed by atoms with Crippen molar-refractivity contribution in [2.45, 2.75) is 43.7 Å². The highest BCUT2D eigenvalue weighted by Crippen LogP contribution is 2.48. The van der Waals surface area contributed by atoms with Crippen LogP contribution in [0.5, 0.6) is 11.5 Å². The van der Waals surface area contributed by atoms with Crippen molar-refractivity contribution in [3.8, 4) is 11.5 Å². The van der Waals surface area contributed by atoms with Gasteiger partial charge < -0.3 is 9.47 Å². The fourth-order valence-corrected chi connectivity index (χ4v) is 3.04. The van der Waals surface area contributed by atoms with E-state index in [0.29, 0.717) is 4.72 Å². The quantitative estimate of drug-likeness (QED) is 0.739. The van der Waals surface area contributed by atoms with Gasteiger partial charge in [0.25, 0.3) is 5.91 Å². The van der Waals surface area contributed by atoms with Gasteiger partial charge in [-0.3, -0.25) is 4.79 Å². The standard InChI is InChI=1S/C14H13F6NO5S/c1-11(2)25-8-5-4-7(6-9(8)26-11)10(22)21-27(23,24)14(19,20)13(17,18)12(3,15)16/h4-6H,1-3H3,(H,21,22). The van der Waals surface area contributed by atoms with Crippen molar-refractivity contribution in [1.82, 2.24) is 4.72 Å². The van der Waals surface area contributed by atoms with Gasteiger partial charge in [0.1, 0.15) is 0 Å². The van der Waals surface area contributed by atoms with Crippen LogP contribution in [-0.4, -0.2) is 37.2 Å². The van der Waals surface area contributed by atoms with E-state index in [-0.39, 0.29) is 11.5 Å². The summed E-state index contributed by atoms with van der Waals surface area (Å²) in [4.78, 5) is 11.9. The summed E-state index contributed by atoms with van der Waals surface area (Å²) in [5, 5.41) is -6.27. The molecule has 152 valence electrons. The first kappa shape index (κ1) is 21.1. The van der Waals surface area contributed by atoms with Gasteiger partial charge in [0.05, 0.1) is 0 Å². The molecule has 1 aliphatic rings. The normalized spacial score (nSPS) is 16.9. The molecule has 1 aromatic carbocycles. The zero-order chi connectivity index (χ0) is 21.1. The SMILES string of the molecule is CC1(C)Oc2ccc(C(=O)NS(=O)(=O)C(F)(F)C(F)(F)C(C)(F)F)cc2O1. The van der Waals surface area contributed by atoms with E-state index in [1.807, 2.05) is 0 Å². The third-order valence-corrected chi connectivity index (χ3v) is 4.78. The number of nitrogens with one attached hydrogen (secondary N) is 1. The van der Waals surface area contributed by atoms with Crippen LogP contribution < -0.4 is 14.2 Å². The number of benzene rings is 1. The molecule has 6 nitrogen and oxygen atoms in total. The van der Waals surface area contributed by atoms with Crippen molar-refractivity contribution in [1.29, 1.82) is 0 Å². The van der Waals surface area contributed by atoms with Crippen LogP contribution in [0.2, 0.25) is 0 Å². The lowest BCUT2D eigenvalue weighted by molar-refractivity contribution is -0.271. The van der Waals surface area contributed by atoms with Gasteiger partial charge in [-0.1, -0.05) is 0 Å². The maximum atomic E-state index is 13.6. The third kappa shape index (κ3) is 3.51. The molecule has 1 aromatic rings. The average Bonchev–Trinajstić information content (AvgIpc) is 2.77. The number of alkyl halides is 6. The summed E-state index contributed by atoms with van der Waals surface area (Å²) in [6, 6.07) is 3.01. The minimum absolute atomic E-state index is 0.0396. The van der Waals surface area contributed by atoms with Gasteiger partial charge in [-0.05, 0) is 18.2 Å². The van der Waals surface area contributed by atoms with E-state index in [0.717, 1.165) is 18.2 Å². The minimum Gasteiger partial charge on any atom is -0.449 e. The molecule has 0 aromatic heterocycles. The first-order valence-corrected chi connectivity index (χ1v) is 8.62. The summed E-state index contributed by atoms with van der Waals surface area (Å²) in [5.74, 6) is -14.4. The van der Waals surface area contributed by atoms with Crippen LogP contribution in [0.15, 0.2) is 18.2 Å². The van der Waals surface area contributed by atoms with Gasteiger partial charge in [0.2, 0.25) is 5.79 Å². The number of sulfonamides is 1. The summed E-state index contributed by atoms with van der Waals surface area (Å²) in [6.07, 6.45) is 0. The van der Waals surface area contributed by atoms with Crippen molar-refractivity contribution in [2.75, 3.05) is 0 Å². The molecule has 0 unspecified atom stereocenters. The number of carbonyl (C=O) groups excluding carboxylic acids is 1. The molecule has 0 spiro atoms. The van der Waals surface area contributed by atoms with Crippen molar-refractivity contribution in [2.24, 2.45) is 0 Å². The Bertz CT molecular complexity index is 878. The molecule has 1 aliphatic heterocycles. The summed E-state index contributed by atoms with van der Waals surface area (Å²) in [6.45, 7) is 2.44. The molecule has 0 saturated heterocycles. The Hall–Kier alpha value is -2.18. The Morgan fingerprint density at radius 1 is 1.04 bits per heavy atom. The van der Waals surface area contributed by atoms with Crippen LogP contribution in [0.3, 0.4) is 0 Å². The van der Waals surface area contributed by atoms with E-state index < -0.39 is 51.3 Å². The lowest BCUT2D eigenvalue weighted by Crippen LogP contribution is -2.60. The predicted octanol–water partition coefficient (Wildman–Crippen LogP) is 3.14. The molecule has 0 fully saturated rings. The number of fused-ring (bicyclic) bond motifs is 1. The van der Waals surface area contributed by atoms with Crippen LogP contribution in [0.25, 0.3) is 0 Å². The van der Waals surface area contributed by atoms with Crippen LogP contribution >= 0.6 is 0 Å². The third-order valence-electron chi connectivity index (χ3n) is 3.40. The zero-order valence-corrected chi connectivity index (χ0v) is 14.8. The first-order valence-electron chi connectivity index (χ1n) is 7.13. The van der Waals surface area contributed by atoms with Crippen molar-refractivity contribution in [3.05, 3.63) is 23.8 Å². The Morgan fingerprint density at radius 3 is 2.07 bits per heavy atom. The monoisotopic (exact) mass is 421 g/mol. The molecular weight excluding hydrogens is 408 g/mol.